The molecule has 20 heavy (non-hydrogen) atoms. The summed E-state index contributed by atoms with van der Waals surface area (Å²) in [6, 6.07) is 5.54. The molecule has 0 fully saturated rings. The highest BCUT2D eigenvalue weighted by Crippen LogP contribution is 2.21. The highest BCUT2D eigenvalue weighted by molar-refractivity contribution is 5.90. The average Bonchev–Trinajstić information content (AvgIpc) is 2.39. The molecular formula is C15H25N3O2. The third-order valence-electron chi connectivity index (χ3n) is 3.47. The molecule has 0 aromatic heterocycles. The number of hydrogen-bond donors (Lipinski definition) is 3. The largest absolute Gasteiger partial charge is 0.396 e. The Balaban J connectivity index is 2.67. The van der Waals surface area contributed by atoms with Crippen LogP contribution in [0.2, 0.25) is 0 Å². The van der Waals surface area contributed by atoms with E-state index >= 15 is 0 Å². The van der Waals surface area contributed by atoms with Gasteiger partial charge in [-0.3, -0.25) is 0 Å². The van der Waals surface area contributed by atoms with Crippen molar-refractivity contribution in [3.63, 3.8) is 0 Å². The predicted molar refractivity (Wildman–Crippen MR) is 83.4 cm³/mol. The minimum absolute atomic E-state index is 0.0259. The van der Waals surface area contributed by atoms with Crippen molar-refractivity contribution in [2.24, 2.45) is 5.92 Å². The van der Waals surface area contributed by atoms with E-state index in [-0.39, 0.29) is 24.6 Å². The zero-order valence-electron chi connectivity index (χ0n) is 12.9. The number of aliphatic hydroxyl groups excluding tert-OH is 1. The van der Waals surface area contributed by atoms with Gasteiger partial charge in [-0.05, 0) is 43.5 Å². The normalized spacial score (nSPS) is 13.5. The summed E-state index contributed by atoms with van der Waals surface area (Å²) in [5.41, 5.74) is 2.89. The van der Waals surface area contributed by atoms with E-state index in [0.717, 1.165) is 16.9 Å². The molecule has 1 rings (SSSR count). The zero-order chi connectivity index (χ0) is 15.3. The van der Waals surface area contributed by atoms with Crippen LogP contribution in [-0.2, 0) is 0 Å². The van der Waals surface area contributed by atoms with E-state index in [1.165, 1.54) is 0 Å². The summed E-state index contributed by atoms with van der Waals surface area (Å²) >= 11 is 0. The quantitative estimate of drug-likeness (QED) is 0.774. The van der Waals surface area contributed by atoms with Crippen molar-refractivity contribution in [1.29, 1.82) is 0 Å². The van der Waals surface area contributed by atoms with Crippen LogP contribution in [0.15, 0.2) is 18.2 Å². The molecule has 0 aliphatic rings. The lowest BCUT2D eigenvalue weighted by atomic mass is 10.1. The van der Waals surface area contributed by atoms with E-state index in [2.05, 4.69) is 10.6 Å². The number of anilines is 2. The number of rotatable bonds is 5. The predicted octanol–water partition coefficient (Wildman–Crippen LogP) is 2.20. The lowest BCUT2D eigenvalue weighted by Crippen LogP contribution is -2.40. The standard InChI is InChI=1S/C15H25N3O2/c1-10-8-13(18(4)5)6-7-14(10)17-15(20)16-12(3)11(2)9-19/h6-8,11-12,19H,9H2,1-5H3,(H2,16,17,20). The number of aliphatic hydroxyl groups is 1. The summed E-state index contributed by atoms with van der Waals surface area (Å²) in [6.45, 7) is 5.78. The van der Waals surface area contributed by atoms with Gasteiger partial charge >= 0.3 is 6.03 Å². The van der Waals surface area contributed by atoms with Crippen molar-refractivity contribution < 1.29 is 9.90 Å². The maximum atomic E-state index is 11.9. The smallest absolute Gasteiger partial charge is 0.319 e. The molecule has 0 radical (unpaired) electrons. The second-order valence-corrected chi connectivity index (χ2v) is 5.44. The van der Waals surface area contributed by atoms with E-state index < -0.39 is 0 Å². The Kier molecular flexibility index (Phi) is 5.82. The van der Waals surface area contributed by atoms with Crippen LogP contribution in [-0.4, -0.2) is 37.9 Å². The number of carbonyl (C=O) groups is 1. The number of nitrogens with zero attached hydrogens (tertiary/aromatic N) is 1. The molecule has 1 aromatic rings. The van der Waals surface area contributed by atoms with E-state index in [0.29, 0.717) is 0 Å². The lowest BCUT2D eigenvalue weighted by molar-refractivity contribution is 0.204. The molecule has 3 N–H and O–H groups in total. The van der Waals surface area contributed by atoms with Crippen LogP contribution in [0.25, 0.3) is 0 Å². The molecule has 112 valence electrons. The van der Waals surface area contributed by atoms with Gasteiger partial charge in [0.25, 0.3) is 0 Å². The third kappa shape index (κ3) is 4.42. The molecule has 0 saturated carbocycles. The molecule has 5 heteroatoms. The zero-order valence-corrected chi connectivity index (χ0v) is 12.9. The fraction of sp³-hybridized carbons (Fsp3) is 0.533. The Morgan fingerprint density at radius 3 is 2.50 bits per heavy atom. The number of nitrogens with one attached hydrogen (secondary N) is 2. The molecule has 0 aliphatic heterocycles. The van der Waals surface area contributed by atoms with Gasteiger partial charge in [0.05, 0.1) is 0 Å². The van der Waals surface area contributed by atoms with Gasteiger partial charge in [0, 0.05) is 38.1 Å². The Hall–Kier alpha value is -1.75. The fourth-order valence-electron chi connectivity index (χ4n) is 1.73. The average molecular weight is 279 g/mol. The summed E-state index contributed by atoms with van der Waals surface area (Å²) in [5.74, 6) is 0.0259. The number of aryl methyl sites for hydroxylation is 1. The molecule has 5 nitrogen and oxygen atoms in total. The molecule has 0 bridgehead atoms. The lowest BCUT2D eigenvalue weighted by Gasteiger charge is -2.20. The summed E-state index contributed by atoms with van der Waals surface area (Å²) in [6.07, 6.45) is 0. The van der Waals surface area contributed by atoms with Crippen molar-refractivity contribution in [3.05, 3.63) is 23.8 Å². The van der Waals surface area contributed by atoms with E-state index in [4.69, 9.17) is 5.11 Å². The second kappa shape index (κ2) is 7.14. The van der Waals surface area contributed by atoms with Crippen molar-refractivity contribution >= 4 is 17.4 Å². The molecule has 0 aliphatic carbocycles. The first kappa shape index (κ1) is 16.3. The monoisotopic (exact) mass is 279 g/mol. The van der Waals surface area contributed by atoms with Crippen molar-refractivity contribution in [2.45, 2.75) is 26.8 Å². The Bertz CT molecular complexity index is 460. The van der Waals surface area contributed by atoms with Gasteiger partial charge in [0.2, 0.25) is 0 Å². The summed E-state index contributed by atoms with van der Waals surface area (Å²) in [4.78, 5) is 13.9. The van der Waals surface area contributed by atoms with Crippen LogP contribution in [0.5, 0.6) is 0 Å². The maximum Gasteiger partial charge on any atom is 0.319 e. The van der Waals surface area contributed by atoms with Crippen LogP contribution in [0.4, 0.5) is 16.2 Å². The van der Waals surface area contributed by atoms with Gasteiger partial charge in [-0.1, -0.05) is 6.92 Å². The van der Waals surface area contributed by atoms with Gasteiger partial charge in [-0.25, -0.2) is 4.79 Å². The summed E-state index contributed by atoms with van der Waals surface area (Å²) in [5, 5.41) is 14.7. The minimum Gasteiger partial charge on any atom is -0.396 e. The number of carbonyl (C=O) groups excluding carboxylic acids is 1. The fourth-order valence-corrected chi connectivity index (χ4v) is 1.73. The van der Waals surface area contributed by atoms with E-state index in [1.807, 2.05) is 58.0 Å². The van der Waals surface area contributed by atoms with Crippen LogP contribution in [0.1, 0.15) is 19.4 Å². The van der Waals surface area contributed by atoms with Crippen molar-refractivity contribution in [3.8, 4) is 0 Å². The van der Waals surface area contributed by atoms with Gasteiger partial charge in [0.1, 0.15) is 0 Å². The molecule has 2 unspecified atom stereocenters. The molecule has 0 saturated heterocycles. The van der Waals surface area contributed by atoms with Gasteiger partial charge in [-0.15, -0.1) is 0 Å². The first-order chi connectivity index (χ1) is 9.35. The summed E-state index contributed by atoms with van der Waals surface area (Å²) < 4.78 is 0. The Morgan fingerprint density at radius 1 is 1.35 bits per heavy atom. The SMILES string of the molecule is Cc1cc(N(C)C)ccc1NC(=O)NC(C)C(C)CO. The van der Waals surface area contributed by atoms with Crippen LogP contribution in [0.3, 0.4) is 0 Å². The number of benzene rings is 1. The van der Waals surface area contributed by atoms with Crippen molar-refractivity contribution in [1.82, 2.24) is 5.32 Å². The third-order valence-corrected chi connectivity index (χ3v) is 3.47. The molecule has 2 atom stereocenters. The highest BCUT2D eigenvalue weighted by atomic mass is 16.3. The topological polar surface area (TPSA) is 64.6 Å². The summed E-state index contributed by atoms with van der Waals surface area (Å²) in [7, 11) is 3.96. The first-order valence-electron chi connectivity index (χ1n) is 6.81. The molecule has 1 aromatic carbocycles. The van der Waals surface area contributed by atoms with Gasteiger partial charge < -0.3 is 20.6 Å². The van der Waals surface area contributed by atoms with E-state index in [9.17, 15) is 4.79 Å². The number of amides is 2. The molecule has 0 heterocycles. The molecule has 0 spiro atoms. The molecular weight excluding hydrogens is 254 g/mol. The van der Waals surface area contributed by atoms with Crippen LogP contribution in [0, 0.1) is 12.8 Å². The van der Waals surface area contributed by atoms with Crippen LogP contribution >= 0.6 is 0 Å². The Labute approximate surface area is 121 Å². The number of urea groups is 1. The maximum absolute atomic E-state index is 11.9. The molecule has 2 amide bonds. The first-order valence-corrected chi connectivity index (χ1v) is 6.81. The second-order valence-electron chi connectivity index (χ2n) is 5.44. The minimum atomic E-state index is -0.251. The number of hydrogen-bond acceptors (Lipinski definition) is 3. The van der Waals surface area contributed by atoms with Gasteiger partial charge in [0.15, 0.2) is 0 Å². The Morgan fingerprint density at radius 2 is 2.00 bits per heavy atom. The highest BCUT2D eigenvalue weighted by Gasteiger charge is 2.14. The van der Waals surface area contributed by atoms with Crippen molar-refractivity contribution in [2.75, 3.05) is 30.9 Å². The van der Waals surface area contributed by atoms with Gasteiger partial charge in [-0.2, -0.15) is 0 Å². The van der Waals surface area contributed by atoms with E-state index in [1.54, 1.807) is 0 Å². The van der Waals surface area contributed by atoms with Crippen LogP contribution < -0.4 is 15.5 Å².